The van der Waals surface area contributed by atoms with Gasteiger partial charge >= 0.3 is 0 Å². The lowest BCUT2D eigenvalue weighted by atomic mass is 10.3. The summed E-state index contributed by atoms with van der Waals surface area (Å²) in [7, 11) is 0. The van der Waals surface area contributed by atoms with E-state index < -0.39 is 0 Å². The largest absolute Gasteiger partial charge is 0.295 e. The second-order valence-corrected chi connectivity index (χ2v) is 4.33. The Labute approximate surface area is 110 Å². The fraction of sp³-hybridized carbons (Fsp3) is 0.214. The normalized spacial score (nSPS) is 11.1. The predicted octanol–water partition coefficient (Wildman–Crippen LogP) is 1.91. The minimum absolute atomic E-state index is 0.0497. The number of fused-ring (bicyclic) bond motifs is 1. The highest BCUT2D eigenvalue weighted by Gasteiger charge is 2.13. The van der Waals surface area contributed by atoms with Gasteiger partial charge in [-0.3, -0.25) is 13.9 Å². The third-order valence-corrected chi connectivity index (χ3v) is 3.20. The molecule has 0 saturated heterocycles. The molecular weight excluding hydrogens is 240 g/mol. The maximum atomic E-state index is 12.5. The molecule has 0 aliphatic heterocycles. The van der Waals surface area contributed by atoms with Crippen molar-refractivity contribution in [2.45, 2.75) is 20.4 Å². The molecule has 0 aliphatic carbocycles. The zero-order valence-electron chi connectivity index (χ0n) is 10.9. The number of hydrogen-bond acceptors (Lipinski definition) is 3. The Morgan fingerprint density at radius 2 is 1.95 bits per heavy atom. The number of aromatic nitrogens is 4. The van der Waals surface area contributed by atoms with Crippen LogP contribution in [0.25, 0.3) is 16.9 Å². The minimum Gasteiger partial charge on any atom is -0.295 e. The highest BCUT2D eigenvalue weighted by molar-refractivity contribution is 5.72. The second kappa shape index (κ2) is 4.35. The molecule has 0 radical (unpaired) electrons. The van der Waals surface area contributed by atoms with Crippen molar-refractivity contribution in [1.82, 2.24) is 19.1 Å². The summed E-state index contributed by atoms with van der Waals surface area (Å²) in [5.74, 6) is 0.693. The third kappa shape index (κ3) is 1.74. The molecule has 19 heavy (non-hydrogen) atoms. The third-order valence-electron chi connectivity index (χ3n) is 3.20. The lowest BCUT2D eigenvalue weighted by Gasteiger charge is -2.07. The number of hydrogen-bond donors (Lipinski definition) is 0. The maximum absolute atomic E-state index is 12.5. The SMILES string of the molecule is CCn1c(C)nc2ncn(-c3ccccc3)c2c1=O. The van der Waals surface area contributed by atoms with Gasteiger partial charge in [-0.05, 0) is 26.0 Å². The summed E-state index contributed by atoms with van der Waals surface area (Å²) < 4.78 is 3.44. The van der Waals surface area contributed by atoms with E-state index in [1.807, 2.05) is 44.2 Å². The number of para-hydroxylation sites is 1. The van der Waals surface area contributed by atoms with Gasteiger partial charge in [0.25, 0.3) is 5.56 Å². The molecule has 0 fully saturated rings. The number of nitrogens with zero attached hydrogens (tertiary/aromatic N) is 4. The molecule has 0 unspecified atom stereocenters. The number of imidazole rings is 1. The molecule has 0 saturated carbocycles. The molecule has 0 atom stereocenters. The molecule has 3 rings (SSSR count). The molecular formula is C14H14N4O. The van der Waals surface area contributed by atoms with Gasteiger partial charge < -0.3 is 0 Å². The van der Waals surface area contributed by atoms with E-state index in [4.69, 9.17) is 0 Å². The lowest BCUT2D eigenvalue weighted by molar-refractivity contribution is 0.682. The average molecular weight is 254 g/mol. The Balaban J connectivity index is 2.38. The standard InChI is InChI=1S/C14H14N4O/c1-3-17-10(2)16-13-12(14(17)19)18(9-15-13)11-7-5-4-6-8-11/h4-9H,3H2,1-2H3. The van der Waals surface area contributed by atoms with Crippen molar-refractivity contribution in [3.63, 3.8) is 0 Å². The summed E-state index contributed by atoms with van der Waals surface area (Å²) in [6, 6.07) is 9.69. The summed E-state index contributed by atoms with van der Waals surface area (Å²) in [5.41, 5.74) is 1.89. The van der Waals surface area contributed by atoms with Crippen LogP contribution in [0.3, 0.4) is 0 Å². The zero-order chi connectivity index (χ0) is 13.4. The van der Waals surface area contributed by atoms with Gasteiger partial charge in [0, 0.05) is 12.2 Å². The smallest absolute Gasteiger partial charge is 0.280 e. The Bertz CT molecular complexity index is 786. The van der Waals surface area contributed by atoms with Gasteiger partial charge in [-0.15, -0.1) is 0 Å². The van der Waals surface area contributed by atoms with Gasteiger partial charge in [-0.2, -0.15) is 0 Å². The fourth-order valence-electron chi connectivity index (χ4n) is 2.26. The summed E-state index contributed by atoms with van der Waals surface area (Å²) >= 11 is 0. The van der Waals surface area contributed by atoms with Gasteiger partial charge in [0.15, 0.2) is 11.2 Å². The van der Waals surface area contributed by atoms with Crippen LogP contribution in [-0.4, -0.2) is 19.1 Å². The van der Waals surface area contributed by atoms with Crippen LogP contribution in [0.4, 0.5) is 0 Å². The van der Waals surface area contributed by atoms with Crippen molar-refractivity contribution >= 4 is 11.2 Å². The predicted molar refractivity (Wildman–Crippen MR) is 73.5 cm³/mol. The Hall–Kier alpha value is -2.43. The zero-order valence-corrected chi connectivity index (χ0v) is 10.9. The van der Waals surface area contributed by atoms with Crippen LogP contribution < -0.4 is 5.56 Å². The number of rotatable bonds is 2. The first kappa shape index (κ1) is 11.6. The molecule has 5 heteroatoms. The van der Waals surface area contributed by atoms with Gasteiger partial charge in [0.2, 0.25) is 0 Å². The number of benzene rings is 1. The molecule has 2 aromatic heterocycles. The molecule has 96 valence electrons. The average Bonchev–Trinajstić information content (AvgIpc) is 2.84. The highest BCUT2D eigenvalue weighted by atomic mass is 16.1. The maximum Gasteiger partial charge on any atom is 0.280 e. The van der Waals surface area contributed by atoms with E-state index in [1.54, 1.807) is 15.5 Å². The van der Waals surface area contributed by atoms with Crippen molar-refractivity contribution in [1.29, 1.82) is 0 Å². The van der Waals surface area contributed by atoms with E-state index >= 15 is 0 Å². The second-order valence-electron chi connectivity index (χ2n) is 4.33. The van der Waals surface area contributed by atoms with E-state index in [1.165, 1.54) is 0 Å². The molecule has 0 aliphatic rings. The quantitative estimate of drug-likeness (QED) is 0.702. The molecule has 3 aromatic rings. The summed E-state index contributed by atoms with van der Waals surface area (Å²) in [6.45, 7) is 4.37. The van der Waals surface area contributed by atoms with E-state index in [2.05, 4.69) is 9.97 Å². The van der Waals surface area contributed by atoms with Crippen molar-refractivity contribution in [3.8, 4) is 5.69 Å². The fourth-order valence-corrected chi connectivity index (χ4v) is 2.26. The first-order chi connectivity index (χ1) is 9.22. The summed E-state index contributed by atoms with van der Waals surface area (Å²) in [6.07, 6.45) is 1.65. The van der Waals surface area contributed by atoms with Crippen LogP contribution >= 0.6 is 0 Å². The highest BCUT2D eigenvalue weighted by Crippen LogP contribution is 2.13. The minimum atomic E-state index is -0.0497. The monoisotopic (exact) mass is 254 g/mol. The van der Waals surface area contributed by atoms with E-state index in [-0.39, 0.29) is 5.56 Å². The summed E-state index contributed by atoms with van der Waals surface area (Å²) in [5, 5.41) is 0. The van der Waals surface area contributed by atoms with Gasteiger partial charge in [0.1, 0.15) is 12.2 Å². The van der Waals surface area contributed by atoms with E-state index in [9.17, 15) is 4.79 Å². The molecule has 0 bridgehead atoms. The van der Waals surface area contributed by atoms with Crippen LogP contribution in [0.2, 0.25) is 0 Å². The summed E-state index contributed by atoms with van der Waals surface area (Å²) in [4.78, 5) is 21.1. The topological polar surface area (TPSA) is 52.7 Å². The molecule has 0 spiro atoms. The van der Waals surface area contributed by atoms with Crippen molar-refractivity contribution in [3.05, 3.63) is 52.8 Å². The van der Waals surface area contributed by atoms with Gasteiger partial charge in [-0.1, -0.05) is 18.2 Å². The molecule has 1 aromatic carbocycles. The molecule has 0 amide bonds. The van der Waals surface area contributed by atoms with Crippen molar-refractivity contribution in [2.24, 2.45) is 0 Å². The van der Waals surface area contributed by atoms with Gasteiger partial charge in [0.05, 0.1) is 0 Å². The van der Waals surface area contributed by atoms with Crippen molar-refractivity contribution in [2.75, 3.05) is 0 Å². The first-order valence-corrected chi connectivity index (χ1v) is 6.22. The Kier molecular flexibility index (Phi) is 2.67. The Morgan fingerprint density at radius 3 is 2.63 bits per heavy atom. The Morgan fingerprint density at radius 1 is 1.21 bits per heavy atom. The molecule has 2 heterocycles. The van der Waals surface area contributed by atoms with Crippen LogP contribution in [0.5, 0.6) is 0 Å². The van der Waals surface area contributed by atoms with Crippen LogP contribution in [-0.2, 0) is 6.54 Å². The number of aryl methyl sites for hydroxylation is 1. The molecule has 0 N–H and O–H groups in total. The van der Waals surface area contributed by atoms with Crippen LogP contribution in [0.15, 0.2) is 41.5 Å². The lowest BCUT2D eigenvalue weighted by Crippen LogP contribution is -2.24. The van der Waals surface area contributed by atoms with Crippen LogP contribution in [0.1, 0.15) is 12.7 Å². The first-order valence-electron chi connectivity index (χ1n) is 6.22. The van der Waals surface area contributed by atoms with Crippen molar-refractivity contribution < 1.29 is 0 Å². The van der Waals surface area contributed by atoms with Gasteiger partial charge in [-0.25, -0.2) is 9.97 Å². The van der Waals surface area contributed by atoms with Crippen LogP contribution in [0, 0.1) is 6.92 Å². The van der Waals surface area contributed by atoms with E-state index in [0.29, 0.717) is 23.5 Å². The molecule has 5 nitrogen and oxygen atoms in total. The van der Waals surface area contributed by atoms with E-state index in [0.717, 1.165) is 5.69 Å².